The van der Waals surface area contributed by atoms with Gasteiger partial charge in [-0.1, -0.05) is 337 Å². The van der Waals surface area contributed by atoms with Crippen LogP contribution in [0.25, 0.3) is 228 Å². The highest BCUT2D eigenvalue weighted by atomic mass is 32.1. The van der Waals surface area contributed by atoms with Gasteiger partial charge < -0.3 is 13.7 Å². The minimum Gasteiger partial charge on any atom is -0.308 e. The predicted molar refractivity (Wildman–Crippen MR) is 538 cm³/mol. The zero-order valence-corrected chi connectivity index (χ0v) is 71.6. The van der Waals surface area contributed by atoms with Crippen molar-refractivity contribution in [3.8, 4) is 97.6 Å². The lowest BCUT2D eigenvalue weighted by molar-refractivity contribution is 1.13. The van der Waals surface area contributed by atoms with Gasteiger partial charge in [0, 0.05) is 99.9 Å². The third kappa shape index (κ3) is 12.4. The quantitative estimate of drug-likeness (QED) is 0.121. The van der Waals surface area contributed by atoms with Crippen molar-refractivity contribution in [2.45, 2.75) is 0 Å². The fraction of sp³-hybridized carbons (Fsp3) is 0. The van der Waals surface area contributed by atoms with Gasteiger partial charge in [0.1, 0.15) is 0 Å². The summed E-state index contributed by atoms with van der Waals surface area (Å²) in [4.78, 5) is 33.0. The van der Waals surface area contributed by atoms with E-state index < -0.39 is 0 Å². The van der Waals surface area contributed by atoms with Crippen molar-refractivity contribution in [2.75, 3.05) is 0 Å². The minimum absolute atomic E-state index is 0.951. The zero-order chi connectivity index (χ0) is 85.0. The molecule has 12 aromatic heterocycles. The predicted octanol–water partition coefficient (Wildman–Crippen LogP) is 30.2. The fourth-order valence-corrected chi connectivity index (χ4v) is 22.6. The Morgan fingerprint density at radius 2 is 0.442 bits per heavy atom. The maximum Gasteiger partial charge on any atom is 0.195 e. The van der Waals surface area contributed by atoms with Crippen LogP contribution in [0.2, 0.25) is 0 Å². The van der Waals surface area contributed by atoms with E-state index in [2.05, 4.69) is 425 Å². The number of rotatable bonds is 12. The number of aromatic nitrogens is 12. The van der Waals surface area contributed by atoms with E-state index in [0.717, 1.165) is 110 Å². The van der Waals surface area contributed by atoms with E-state index in [4.69, 9.17) is 15.0 Å². The Hall–Kier alpha value is -16.6. The highest BCUT2D eigenvalue weighted by Gasteiger charge is 2.29. The zero-order valence-electron chi connectivity index (χ0n) is 69.2. The molecule has 0 radical (unpaired) electrons. The van der Waals surface area contributed by atoms with Gasteiger partial charge in [-0.3, -0.25) is 28.7 Å². The number of thiazole rings is 3. The standard InChI is InChI=1S/3C38H24N4S/c1-3-12-25(13-4-1)35-37(26-14-5-2-6-15-26)43-38(40-35)42-31-19-9-7-17-28(31)29-21-22-33-34(36(29)42)30-18-8-10-20-32(30)41(33)27-16-11-23-39-24-27;1-3-12-25(13-4-1)35-37(26-14-5-2-6-15-26)43-38(40-35)42-32-20-10-8-18-30(32)34-33(42)22-21-29-28-17-7-9-19-31(28)41(36(29)34)27-16-11-23-39-24-27;1-3-12-25(13-4-1)36-37(26-14-5-2-6-15-26)43-38(40-36)42-33-20-10-8-18-29(33)31-22-34-30(23-35(31)42)28-17-7-9-19-32(28)41(34)27-16-11-21-39-24-27/h3*1-24H. The Morgan fingerprint density at radius 3 is 0.822 bits per heavy atom. The molecule has 129 heavy (non-hydrogen) atoms. The normalized spacial score (nSPS) is 11.7. The van der Waals surface area contributed by atoms with Gasteiger partial charge in [0.05, 0.1) is 134 Å². The van der Waals surface area contributed by atoms with Crippen LogP contribution >= 0.6 is 34.0 Å². The summed E-state index contributed by atoms with van der Waals surface area (Å²) < 4.78 is 14.1. The van der Waals surface area contributed by atoms with E-state index in [1.54, 1.807) is 34.0 Å². The molecule has 0 bridgehead atoms. The van der Waals surface area contributed by atoms with E-state index >= 15 is 0 Å². The Morgan fingerprint density at radius 1 is 0.178 bits per heavy atom. The van der Waals surface area contributed by atoms with Crippen LogP contribution in [0.1, 0.15) is 0 Å². The van der Waals surface area contributed by atoms with Gasteiger partial charge in [-0.25, -0.2) is 15.0 Å². The molecule has 15 heteroatoms. The molecule has 0 saturated heterocycles. The van der Waals surface area contributed by atoms with E-state index in [1.807, 2.05) is 55.4 Å². The number of para-hydroxylation sites is 6. The molecule has 15 aromatic carbocycles. The Balaban J connectivity index is 0.000000105. The molecule has 0 atom stereocenters. The largest absolute Gasteiger partial charge is 0.308 e. The van der Waals surface area contributed by atoms with Gasteiger partial charge in [-0.05, 0) is 114 Å². The molecule has 12 nitrogen and oxygen atoms in total. The number of benzene rings is 15. The average Bonchev–Trinajstić information content (AvgIpc) is 1.55. The van der Waals surface area contributed by atoms with Crippen molar-refractivity contribution in [1.29, 1.82) is 0 Å². The first-order valence-electron chi connectivity index (χ1n) is 43.0. The van der Waals surface area contributed by atoms with Gasteiger partial charge in [0.15, 0.2) is 15.4 Å². The molecule has 12 heterocycles. The second kappa shape index (κ2) is 31.3. The number of hydrogen-bond donors (Lipinski definition) is 0. The van der Waals surface area contributed by atoms with Crippen LogP contribution in [-0.2, 0) is 0 Å². The smallest absolute Gasteiger partial charge is 0.195 e. The SMILES string of the molecule is c1ccc(-c2nc(-n3c4ccccc4c4c3ccc3c5ccccc5n(-c5cccnc5)c34)sc2-c2ccccc2)cc1.c1ccc(-c2nc(-n3c4ccccc4c4cc5c(cc43)c3ccccc3n5-c3cccnc3)sc2-c2ccccc2)cc1.c1ccc(-c2nc(-n3c4ccccc4c4ccc5c(c6ccccc6n5-c5cccnc5)c43)sc2-c2ccccc2)cc1. The second-order valence-electron chi connectivity index (χ2n) is 32.1. The topological polar surface area (TPSA) is 107 Å². The lowest BCUT2D eigenvalue weighted by atomic mass is 10.1. The summed E-state index contributed by atoms with van der Waals surface area (Å²) in [6.07, 6.45) is 11.3. The van der Waals surface area contributed by atoms with Gasteiger partial charge >= 0.3 is 0 Å². The maximum absolute atomic E-state index is 5.42. The number of fused-ring (bicyclic) bond motifs is 20. The van der Waals surface area contributed by atoms with Crippen LogP contribution in [0.3, 0.4) is 0 Å². The van der Waals surface area contributed by atoms with Crippen molar-refractivity contribution in [2.24, 2.45) is 0 Å². The summed E-state index contributed by atoms with van der Waals surface area (Å²) in [5.74, 6) is 0. The van der Waals surface area contributed by atoms with Crippen molar-refractivity contribution >= 4 is 165 Å². The van der Waals surface area contributed by atoms with Crippen molar-refractivity contribution < 1.29 is 0 Å². The molecule has 0 amide bonds. The van der Waals surface area contributed by atoms with Crippen LogP contribution in [0, 0.1) is 0 Å². The first kappa shape index (κ1) is 75.0. The molecule has 27 aromatic rings. The monoisotopic (exact) mass is 1700 g/mol. The Labute approximate surface area is 751 Å². The Kier molecular flexibility index (Phi) is 18.2. The molecule has 0 aliphatic carbocycles. The molecule has 27 rings (SSSR count). The first-order chi connectivity index (χ1) is 64.1. The number of pyridine rings is 3. The lowest BCUT2D eigenvalue weighted by Gasteiger charge is -2.08. The molecule has 0 aliphatic rings. The van der Waals surface area contributed by atoms with E-state index in [0.29, 0.717) is 0 Å². The summed E-state index contributed by atoms with van der Waals surface area (Å²) in [5, 5.41) is 17.4. The first-order valence-corrected chi connectivity index (χ1v) is 45.5. The van der Waals surface area contributed by atoms with E-state index in [1.165, 1.54) is 119 Å². The fourth-order valence-electron chi connectivity index (χ4n) is 19.3. The molecular formula is C114H72N12S3. The highest BCUT2D eigenvalue weighted by Crippen LogP contribution is 2.50. The summed E-state index contributed by atoms with van der Waals surface area (Å²) in [7, 11) is 0. The van der Waals surface area contributed by atoms with Crippen LogP contribution in [0.5, 0.6) is 0 Å². The average molecular weight is 1710 g/mol. The molecule has 0 saturated carbocycles. The lowest BCUT2D eigenvalue weighted by Crippen LogP contribution is -1.95. The third-order valence-electron chi connectivity index (χ3n) is 24.8. The van der Waals surface area contributed by atoms with Gasteiger partial charge in [-0.2, -0.15) is 0 Å². The van der Waals surface area contributed by atoms with E-state index in [9.17, 15) is 0 Å². The minimum atomic E-state index is 0.951. The van der Waals surface area contributed by atoms with Gasteiger partial charge in [-0.15, -0.1) is 0 Å². The molecule has 0 spiro atoms. The van der Waals surface area contributed by atoms with Crippen LogP contribution in [0.15, 0.2) is 438 Å². The van der Waals surface area contributed by atoms with E-state index in [-0.39, 0.29) is 0 Å². The maximum atomic E-state index is 5.42. The van der Waals surface area contributed by atoms with Gasteiger partial charge in [0.2, 0.25) is 0 Å². The van der Waals surface area contributed by atoms with Crippen molar-refractivity contribution in [1.82, 2.24) is 57.3 Å². The highest BCUT2D eigenvalue weighted by molar-refractivity contribution is 7.19. The van der Waals surface area contributed by atoms with Crippen LogP contribution in [-0.4, -0.2) is 57.3 Å². The molecule has 0 fully saturated rings. The second-order valence-corrected chi connectivity index (χ2v) is 35.0. The summed E-state index contributed by atoms with van der Waals surface area (Å²) in [6, 6.07) is 142. The van der Waals surface area contributed by atoms with Crippen molar-refractivity contribution in [3.05, 3.63) is 438 Å². The molecule has 0 N–H and O–H groups in total. The molecule has 606 valence electrons. The summed E-state index contributed by atoms with van der Waals surface area (Å²) >= 11 is 5.23. The van der Waals surface area contributed by atoms with Crippen LogP contribution in [0.4, 0.5) is 0 Å². The molecular weight excluding hydrogens is 1630 g/mol. The number of hydrogen-bond acceptors (Lipinski definition) is 9. The summed E-state index contributed by atoms with van der Waals surface area (Å²) in [6.45, 7) is 0. The molecule has 0 aliphatic heterocycles. The Bertz CT molecular complexity index is 8790. The van der Waals surface area contributed by atoms with Gasteiger partial charge in [0.25, 0.3) is 0 Å². The van der Waals surface area contributed by atoms with Crippen LogP contribution < -0.4 is 0 Å². The van der Waals surface area contributed by atoms with Crippen molar-refractivity contribution in [3.63, 3.8) is 0 Å². The summed E-state index contributed by atoms with van der Waals surface area (Å²) in [5.41, 5.74) is 26.9. The third-order valence-corrected chi connectivity index (χ3v) is 28.1. The number of nitrogens with zero attached hydrogens (tertiary/aromatic N) is 12. The molecule has 0 unspecified atom stereocenters.